The second-order valence-corrected chi connectivity index (χ2v) is 2.53. The molecule has 0 aromatic heterocycles. The van der Waals surface area contributed by atoms with Crippen molar-refractivity contribution in [3.63, 3.8) is 0 Å². The van der Waals surface area contributed by atoms with Gasteiger partial charge in [0.25, 0.3) is 6.43 Å². The first-order chi connectivity index (χ1) is 5.52. The van der Waals surface area contributed by atoms with Gasteiger partial charge >= 0.3 is 0 Å². The van der Waals surface area contributed by atoms with Gasteiger partial charge in [-0.2, -0.15) is 0 Å². The summed E-state index contributed by atoms with van der Waals surface area (Å²) in [6, 6.07) is 0. The summed E-state index contributed by atoms with van der Waals surface area (Å²) < 4.78 is 24.0. The van der Waals surface area contributed by atoms with Gasteiger partial charge in [0.15, 0.2) is 11.0 Å². The van der Waals surface area contributed by atoms with Gasteiger partial charge in [-0.15, -0.1) is 0 Å². The Morgan fingerprint density at radius 3 is 2.00 bits per heavy atom. The summed E-state index contributed by atoms with van der Waals surface area (Å²) in [5, 5.41) is 3.61. The number of carbonyl (C=O) groups is 2. The average molecular weight is 194 g/mol. The monoisotopic (exact) mass is 194 g/mol. The zero-order valence-corrected chi connectivity index (χ0v) is 6.45. The SMILES string of the molecule is O=C1NC(=S)NC(=O)C1C(F)F. The summed E-state index contributed by atoms with van der Waals surface area (Å²) in [5.74, 6) is -4.06. The summed E-state index contributed by atoms with van der Waals surface area (Å²) in [6.45, 7) is 0. The number of halogens is 2. The molecule has 1 fully saturated rings. The highest BCUT2D eigenvalue weighted by Crippen LogP contribution is 2.12. The van der Waals surface area contributed by atoms with Gasteiger partial charge in [0.2, 0.25) is 11.8 Å². The smallest absolute Gasteiger partial charge is 0.259 e. The molecule has 1 aliphatic rings. The third-order valence-corrected chi connectivity index (χ3v) is 1.49. The Balaban J connectivity index is 2.81. The molecule has 0 bridgehead atoms. The van der Waals surface area contributed by atoms with Crippen LogP contribution < -0.4 is 10.6 Å². The maximum atomic E-state index is 12.0. The van der Waals surface area contributed by atoms with Crippen molar-refractivity contribution in [3.05, 3.63) is 0 Å². The number of amides is 2. The fourth-order valence-electron chi connectivity index (χ4n) is 0.758. The Morgan fingerprint density at radius 2 is 1.67 bits per heavy atom. The van der Waals surface area contributed by atoms with E-state index < -0.39 is 24.2 Å². The molecule has 2 amide bonds. The molecule has 2 N–H and O–H groups in total. The minimum atomic E-state index is -3.01. The van der Waals surface area contributed by atoms with Crippen molar-refractivity contribution >= 4 is 29.1 Å². The Bertz CT molecular complexity index is 236. The highest BCUT2D eigenvalue weighted by atomic mass is 32.1. The summed E-state index contributed by atoms with van der Waals surface area (Å²) in [4.78, 5) is 21.4. The van der Waals surface area contributed by atoms with Gasteiger partial charge in [0.1, 0.15) is 0 Å². The van der Waals surface area contributed by atoms with Crippen LogP contribution in [0.15, 0.2) is 0 Å². The second kappa shape index (κ2) is 3.10. The lowest BCUT2D eigenvalue weighted by molar-refractivity contribution is -0.141. The van der Waals surface area contributed by atoms with E-state index in [1.807, 2.05) is 10.6 Å². The normalized spacial score (nSPS) is 19.4. The molecule has 1 saturated heterocycles. The number of hydrogen-bond acceptors (Lipinski definition) is 3. The van der Waals surface area contributed by atoms with Crippen LogP contribution in [0, 0.1) is 5.92 Å². The first-order valence-corrected chi connectivity index (χ1v) is 3.37. The van der Waals surface area contributed by atoms with Crippen LogP contribution in [0.2, 0.25) is 0 Å². The van der Waals surface area contributed by atoms with Crippen LogP contribution in [0.25, 0.3) is 0 Å². The molecule has 0 spiro atoms. The quantitative estimate of drug-likeness (QED) is 0.433. The Kier molecular flexibility index (Phi) is 2.32. The largest absolute Gasteiger partial charge is 0.302 e. The van der Waals surface area contributed by atoms with E-state index in [-0.39, 0.29) is 5.11 Å². The molecule has 0 atom stereocenters. The maximum absolute atomic E-state index is 12.0. The fraction of sp³-hybridized carbons (Fsp3) is 0.400. The molecule has 1 aliphatic heterocycles. The molecular weight excluding hydrogens is 190 g/mol. The van der Waals surface area contributed by atoms with Crippen molar-refractivity contribution in [2.75, 3.05) is 0 Å². The van der Waals surface area contributed by atoms with E-state index in [9.17, 15) is 18.4 Å². The summed E-state index contributed by atoms with van der Waals surface area (Å²) in [5.41, 5.74) is 0. The number of nitrogens with one attached hydrogen (secondary N) is 2. The van der Waals surface area contributed by atoms with Crippen molar-refractivity contribution in [1.82, 2.24) is 10.6 Å². The van der Waals surface area contributed by atoms with Crippen LogP contribution in [0.4, 0.5) is 8.78 Å². The molecule has 0 saturated carbocycles. The van der Waals surface area contributed by atoms with E-state index in [1.54, 1.807) is 0 Å². The lowest BCUT2D eigenvalue weighted by Crippen LogP contribution is -2.57. The molecule has 1 heterocycles. The van der Waals surface area contributed by atoms with E-state index in [0.717, 1.165) is 0 Å². The Labute approximate surface area is 71.3 Å². The molecule has 0 aromatic carbocycles. The van der Waals surface area contributed by atoms with E-state index in [4.69, 9.17) is 0 Å². The van der Waals surface area contributed by atoms with E-state index >= 15 is 0 Å². The highest BCUT2D eigenvalue weighted by molar-refractivity contribution is 7.80. The number of hydrogen-bond donors (Lipinski definition) is 2. The molecule has 0 radical (unpaired) electrons. The van der Waals surface area contributed by atoms with Crippen LogP contribution in [-0.2, 0) is 9.59 Å². The standard InChI is InChI=1S/C5H4F2N2O2S/c6-2(7)1-3(10)8-5(12)9-4(1)11/h1-2H,(H2,8,9,10,11,12). The Hall–Kier alpha value is -1.11. The van der Waals surface area contributed by atoms with E-state index in [1.165, 1.54) is 0 Å². The van der Waals surface area contributed by atoms with E-state index in [0.29, 0.717) is 0 Å². The van der Waals surface area contributed by atoms with Crippen LogP contribution in [-0.4, -0.2) is 23.4 Å². The molecular formula is C5H4F2N2O2S. The van der Waals surface area contributed by atoms with Gasteiger partial charge in [0, 0.05) is 0 Å². The van der Waals surface area contributed by atoms with Crippen molar-refractivity contribution in [1.29, 1.82) is 0 Å². The fourth-order valence-corrected chi connectivity index (χ4v) is 0.960. The summed E-state index contributed by atoms with van der Waals surface area (Å²) >= 11 is 4.39. The van der Waals surface area contributed by atoms with E-state index in [2.05, 4.69) is 12.2 Å². The van der Waals surface area contributed by atoms with Crippen LogP contribution in [0.1, 0.15) is 0 Å². The predicted octanol–water partition coefficient (Wildman–Crippen LogP) is -0.601. The van der Waals surface area contributed by atoms with Crippen molar-refractivity contribution in [2.45, 2.75) is 6.43 Å². The highest BCUT2D eigenvalue weighted by Gasteiger charge is 2.39. The van der Waals surface area contributed by atoms with Crippen LogP contribution in [0.3, 0.4) is 0 Å². The van der Waals surface area contributed by atoms with Gasteiger partial charge in [-0.3, -0.25) is 9.59 Å². The number of thiocarbonyl (C=S) groups is 1. The lowest BCUT2D eigenvalue weighted by atomic mass is 10.1. The van der Waals surface area contributed by atoms with Crippen LogP contribution in [0.5, 0.6) is 0 Å². The van der Waals surface area contributed by atoms with Crippen molar-refractivity contribution < 1.29 is 18.4 Å². The van der Waals surface area contributed by atoms with Gasteiger partial charge < -0.3 is 10.6 Å². The topological polar surface area (TPSA) is 58.2 Å². The summed E-state index contributed by atoms with van der Waals surface area (Å²) in [7, 11) is 0. The predicted molar refractivity (Wildman–Crippen MR) is 38.4 cm³/mol. The number of carbonyl (C=O) groups excluding carboxylic acids is 2. The van der Waals surface area contributed by atoms with Crippen molar-refractivity contribution in [3.8, 4) is 0 Å². The molecule has 7 heteroatoms. The van der Waals surface area contributed by atoms with Gasteiger partial charge in [-0.05, 0) is 12.2 Å². The van der Waals surface area contributed by atoms with Gasteiger partial charge in [-0.1, -0.05) is 0 Å². The van der Waals surface area contributed by atoms with Crippen LogP contribution >= 0.6 is 12.2 Å². The molecule has 0 aliphatic carbocycles. The third kappa shape index (κ3) is 1.55. The lowest BCUT2D eigenvalue weighted by Gasteiger charge is -2.21. The first kappa shape index (κ1) is 8.98. The molecule has 12 heavy (non-hydrogen) atoms. The molecule has 4 nitrogen and oxygen atoms in total. The van der Waals surface area contributed by atoms with Gasteiger partial charge in [0.05, 0.1) is 0 Å². The zero-order valence-electron chi connectivity index (χ0n) is 5.64. The second-order valence-electron chi connectivity index (χ2n) is 2.12. The van der Waals surface area contributed by atoms with Crippen molar-refractivity contribution in [2.24, 2.45) is 5.92 Å². The summed E-state index contributed by atoms with van der Waals surface area (Å²) in [6.07, 6.45) is -3.01. The zero-order chi connectivity index (χ0) is 9.30. The maximum Gasteiger partial charge on any atom is 0.259 e. The minimum absolute atomic E-state index is 0.234. The Morgan fingerprint density at radius 1 is 1.25 bits per heavy atom. The molecule has 0 aromatic rings. The number of rotatable bonds is 1. The molecule has 0 unspecified atom stereocenters. The first-order valence-electron chi connectivity index (χ1n) is 2.96. The van der Waals surface area contributed by atoms with Gasteiger partial charge in [-0.25, -0.2) is 8.78 Å². The number of alkyl halides is 2. The third-order valence-electron chi connectivity index (χ3n) is 1.29. The average Bonchev–Trinajstić information content (AvgIpc) is 1.82. The molecule has 66 valence electrons. The molecule has 1 rings (SSSR count). The minimum Gasteiger partial charge on any atom is -0.302 e.